The maximum atomic E-state index is 2.39. The smallest absolute Gasteiger partial charge is 0.0468 e. The molecule has 0 N–H and O–H groups in total. The lowest BCUT2D eigenvalue weighted by molar-refractivity contribution is 1.29. The van der Waals surface area contributed by atoms with Crippen LogP contribution in [0.5, 0.6) is 0 Å². The number of thiophene rings is 2. The van der Waals surface area contributed by atoms with Gasteiger partial charge in [-0.15, -0.1) is 22.7 Å². The molecule has 1 nitrogen and oxygen atoms in total. The zero-order valence-corrected chi connectivity index (χ0v) is 28.1. The SMILES string of the molecule is c1ccc(-c2ccc(N(c3ccc(-c4cccc5sc6ccccc6c45)cc3)c3ccc4sc5cc6ccccc6cc5c4c3)cc2)cc1. The van der Waals surface area contributed by atoms with Crippen LogP contribution in [0.4, 0.5) is 17.1 Å². The zero-order valence-electron chi connectivity index (χ0n) is 26.5. The Kier molecular flexibility index (Phi) is 6.61. The van der Waals surface area contributed by atoms with Gasteiger partial charge in [0.1, 0.15) is 0 Å². The third kappa shape index (κ3) is 4.82. The number of benzene rings is 8. The highest BCUT2D eigenvalue weighted by Gasteiger charge is 2.17. The van der Waals surface area contributed by atoms with Gasteiger partial charge in [0.15, 0.2) is 0 Å². The second-order valence-corrected chi connectivity index (χ2v) is 14.7. The van der Waals surface area contributed by atoms with Crippen LogP contribution in [-0.4, -0.2) is 0 Å². The van der Waals surface area contributed by atoms with Crippen molar-refractivity contribution in [2.45, 2.75) is 0 Å². The molecule has 230 valence electrons. The molecule has 10 rings (SSSR count). The summed E-state index contributed by atoms with van der Waals surface area (Å²) in [6.45, 7) is 0. The molecule has 0 atom stereocenters. The fraction of sp³-hybridized carbons (Fsp3) is 0. The highest BCUT2D eigenvalue weighted by molar-refractivity contribution is 7.26. The number of nitrogens with zero attached hydrogens (tertiary/aromatic N) is 1. The molecule has 0 saturated carbocycles. The summed E-state index contributed by atoms with van der Waals surface area (Å²) in [5.74, 6) is 0. The lowest BCUT2D eigenvalue weighted by Crippen LogP contribution is -2.09. The molecule has 0 radical (unpaired) electrons. The fourth-order valence-electron chi connectivity index (χ4n) is 7.28. The van der Waals surface area contributed by atoms with Crippen molar-refractivity contribution in [2.75, 3.05) is 4.90 Å². The van der Waals surface area contributed by atoms with Gasteiger partial charge >= 0.3 is 0 Å². The summed E-state index contributed by atoms with van der Waals surface area (Å²) in [6, 6.07) is 64.4. The van der Waals surface area contributed by atoms with Gasteiger partial charge in [0.2, 0.25) is 0 Å². The van der Waals surface area contributed by atoms with Crippen LogP contribution in [0.15, 0.2) is 176 Å². The van der Waals surface area contributed by atoms with Crippen molar-refractivity contribution >= 4 is 90.9 Å². The number of rotatable bonds is 5. The van der Waals surface area contributed by atoms with Crippen LogP contribution in [0, 0.1) is 0 Å². The predicted octanol–water partition coefficient (Wildman–Crippen LogP) is 14.4. The predicted molar refractivity (Wildman–Crippen MR) is 215 cm³/mol. The minimum Gasteiger partial charge on any atom is -0.310 e. The Hall–Kier alpha value is -5.74. The van der Waals surface area contributed by atoms with E-state index in [2.05, 4.69) is 181 Å². The van der Waals surface area contributed by atoms with Gasteiger partial charge in [-0.05, 0) is 99.8 Å². The standard InChI is InChI=1S/C46H29NS2/c1-2-9-30(10-3-1)31-17-21-35(22-18-31)47(37-25-26-43-41(29-37)40-27-33-11-4-5-12-34(33)28-45(40)49-43)36-23-19-32(20-24-36)38-14-8-16-44-46(38)39-13-6-7-15-42(39)48-44/h1-29H. The first-order valence-corrected chi connectivity index (χ1v) is 18.2. The van der Waals surface area contributed by atoms with Crippen molar-refractivity contribution in [2.24, 2.45) is 0 Å². The summed E-state index contributed by atoms with van der Waals surface area (Å²) in [4.78, 5) is 2.39. The number of hydrogen-bond donors (Lipinski definition) is 0. The van der Waals surface area contributed by atoms with Gasteiger partial charge in [0, 0.05) is 57.4 Å². The van der Waals surface area contributed by atoms with Crippen molar-refractivity contribution in [3.63, 3.8) is 0 Å². The average Bonchev–Trinajstić information content (AvgIpc) is 3.72. The van der Waals surface area contributed by atoms with Crippen molar-refractivity contribution in [1.29, 1.82) is 0 Å². The summed E-state index contributed by atoms with van der Waals surface area (Å²) in [6.07, 6.45) is 0. The molecule has 49 heavy (non-hydrogen) atoms. The minimum absolute atomic E-state index is 1.13. The Morgan fingerprint density at radius 1 is 0.327 bits per heavy atom. The maximum absolute atomic E-state index is 2.39. The molecule has 3 heteroatoms. The van der Waals surface area contributed by atoms with Crippen LogP contribution in [-0.2, 0) is 0 Å². The van der Waals surface area contributed by atoms with Gasteiger partial charge in [-0.1, -0.05) is 109 Å². The summed E-state index contributed by atoms with van der Waals surface area (Å²) in [7, 11) is 0. The highest BCUT2D eigenvalue weighted by Crippen LogP contribution is 2.44. The van der Waals surface area contributed by atoms with E-state index in [1.165, 1.54) is 73.4 Å². The van der Waals surface area contributed by atoms with E-state index in [9.17, 15) is 0 Å². The van der Waals surface area contributed by atoms with Crippen LogP contribution < -0.4 is 4.90 Å². The van der Waals surface area contributed by atoms with Crippen LogP contribution >= 0.6 is 22.7 Å². The zero-order chi connectivity index (χ0) is 32.3. The summed E-state index contributed by atoms with van der Waals surface area (Å²) in [5, 5.41) is 7.83. The van der Waals surface area contributed by atoms with Crippen molar-refractivity contribution in [1.82, 2.24) is 0 Å². The summed E-state index contributed by atoms with van der Waals surface area (Å²) < 4.78 is 5.28. The molecule has 0 aliphatic heterocycles. The Bertz CT molecular complexity index is 2810. The second kappa shape index (κ2) is 11.5. The Labute approximate surface area is 292 Å². The van der Waals surface area contributed by atoms with Gasteiger partial charge in [-0.3, -0.25) is 0 Å². The summed E-state index contributed by atoms with van der Waals surface area (Å²) in [5.41, 5.74) is 8.33. The lowest BCUT2D eigenvalue weighted by atomic mass is 9.99. The van der Waals surface area contributed by atoms with Crippen molar-refractivity contribution in [3.8, 4) is 22.3 Å². The molecule has 8 aromatic carbocycles. The van der Waals surface area contributed by atoms with Crippen LogP contribution in [0.2, 0.25) is 0 Å². The fourth-order valence-corrected chi connectivity index (χ4v) is 9.52. The second-order valence-electron chi connectivity index (χ2n) is 12.6. The van der Waals surface area contributed by atoms with Gasteiger partial charge in [-0.2, -0.15) is 0 Å². The Morgan fingerprint density at radius 3 is 1.69 bits per heavy atom. The number of fused-ring (bicyclic) bond motifs is 7. The molecule has 0 unspecified atom stereocenters. The van der Waals surface area contributed by atoms with Gasteiger partial charge in [0.25, 0.3) is 0 Å². The number of hydrogen-bond acceptors (Lipinski definition) is 3. The first-order valence-electron chi connectivity index (χ1n) is 16.6. The molecule has 0 spiro atoms. The van der Waals surface area contributed by atoms with Gasteiger partial charge in [-0.25, -0.2) is 0 Å². The topological polar surface area (TPSA) is 3.24 Å². The van der Waals surface area contributed by atoms with E-state index in [1.54, 1.807) is 0 Å². The summed E-state index contributed by atoms with van der Waals surface area (Å²) >= 11 is 3.74. The Morgan fingerprint density at radius 2 is 0.898 bits per heavy atom. The van der Waals surface area contributed by atoms with E-state index in [1.807, 2.05) is 22.7 Å². The molecular weight excluding hydrogens is 631 g/mol. The molecule has 10 aromatic rings. The van der Waals surface area contributed by atoms with Crippen LogP contribution in [0.3, 0.4) is 0 Å². The third-order valence-electron chi connectivity index (χ3n) is 9.65. The highest BCUT2D eigenvalue weighted by atomic mass is 32.1. The molecule has 2 aromatic heterocycles. The van der Waals surface area contributed by atoms with Crippen LogP contribution in [0.1, 0.15) is 0 Å². The van der Waals surface area contributed by atoms with Crippen molar-refractivity contribution < 1.29 is 0 Å². The largest absolute Gasteiger partial charge is 0.310 e. The molecular formula is C46H29NS2. The Balaban J connectivity index is 1.12. The quantitative estimate of drug-likeness (QED) is 0.178. The minimum atomic E-state index is 1.13. The van der Waals surface area contributed by atoms with Gasteiger partial charge in [0.05, 0.1) is 0 Å². The van der Waals surface area contributed by atoms with E-state index in [4.69, 9.17) is 0 Å². The first-order chi connectivity index (χ1) is 24.3. The monoisotopic (exact) mass is 659 g/mol. The number of anilines is 3. The van der Waals surface area contributed by atoms with E-state index in [-0.39, 0.29) is 0 Å². The molecule has 0 fully saturated rings. The molecule has 0 amide bonds. The molecule has 0 saturated heterocycles. The van der Waals surface area contributed by atoms with E-state index < -0.39 is 0 Å². The van der Waals surface area contributed by atoms with E-state index in [0.717, 1.165) is 17.1 Å². The average molecular weight is 660 g/mol. The third-order valence-corrected chi connectivity index (χ3v) is 11.9. The lowest BCUT2D eigenvalue weighted by Gasteiger charge is -2.26. The normalized spacial score (nSPS) is 11.7. The molecule has 2 heterocycles. The first kappa shape index (κ1) is 28.3. The molecule has 0 aliphatic rings. The van der Waals surface area contributed by atoms with Crippen LogP contribution in [0.25, 0.3) is 73.4 Å². The van der Waals surface area contributed by atoms with Gasteiger partial charge < -0.3 is 4.90 Å². The molecule has 0 bridgehead atoms. The van der Waals surface area contributed by atoms with E-state index >= 15 is 0 Å². The van der Waals surface area contributed by atoms with Crippen molar-refractivity contribution in [3.05, 3.63) is 176 Å². The molecule has 0 aliphatic carbocycles. The maximum Gasteiger partial charge on any atom is 0.0468 e. The van der Waals surface area contributed by atoms with E-state index in [0.29, 0.717) is 0 Å².